The van der Waals surface area contributed by atoms with Crippen LogP contribution in [0.4, 0.5) is 0 Å². The summed E-state index contributed by atoms with van der Waals surface area (Å²) in [5, 5.41) is 3.72. The van der Waals surface area contributed by atoms with Crippen molar-refractivity contribution in [3.8, 4) is 0 Å². The summed E-state index contributed by atoms with van der Waals surface area (Å²) < 4.78 is 0. The molecule has 0 unspecified atom stereocenters. The molecule has 0 amide bonds. The minimum Gasteiger partial charge on any atom is -0.260 e. The smallest absolute Gasteiger partial charge is 0.260 e. The van der Waals surface area contributed by atoms with E-state index < -0.39 is 11.9 Å². The molecule has 1 aliphatic heterocycles. The summed E-state index contributed by atoms with van der Waals surface area (Å²) in [6.45, 7) is 0. The third-order valence-electron chi connectivity index (χ3n) is 0.787. The van der Waals surface area contributed by atoms with Gasteiger partial charge in [-0.25, -0.2) is 9.59 Å². The Morgan fingerprint density at radius 3 is 1.80 bits per heavy atom. The van der Waals surface area contributed by atoms with E-state index in [0.717, 1.165) is 0 Å². The van der Waals surface area contributed by atoms with Crippen molar-refractivity contribution < 1.29 is 43.9 Å². The molecule has 0 radical (unpaired) electrons. The van der Waals surface area contributed by atoms with Gasteiger partial charge in [0.1, 0.15) is 0 Å². The maximum Gasteiger partial charge on any atom is 0.347 e. The molecule has 52 valence electrons. The van der Waals surface area contributed by atoms with Gasteiger partial charge in [-0.1, -0.05) is 0 Å². The average molecular weight is 197 g/mol. The average Bonchev–Trinajstić information content (AvgIpc) is 1.97. The molecule has 1 fully saturated rings. The zero-order valence-corrected chi connectivity index (χ0v) is 8.13. The molecule has 0 aliphatic carbocycles. The Balaban J connectivity index is 0.000000810. The Hall–Kier alpha value is -0.477. The van der Waals surface area contributed by atoms with Crippen LogP contribution in [0.5, 0.6) is 0 Å². The molecule has 0 aromatic carbocycles. The largest absolute Gasteiger partial charge is 0.347 e. The van der Waals surface area contributed by atoms with Crippen LogP contribution in [0.15, 0.2) is 0 Å². The molecule has 0 spiro atoms. The summed E-state index contributed by atoms with van der Waals surface area (Å²) >= 11 is 0. The molecule has 0 aromatic heterocycles. The maximum absolute atomic E-state index is 10.2. The Bertz CT molecular complexity index is 129. The van der Waals surface area contributed by atoms with Gasteiger partial charge in [-0.15, -0.1) is 0 Å². The summed E-state index contributed by atoms with van der Waals surface area (Å²) in [4.78, 5) is 28.3. The first-order valence-corrected chi connectivity index (χ1v) is 2.36. The van der Waals surface area contributed by atoms with E-state index in [1.807, 2.05) is 0 Å². The van der Waals surface area contributed by atoms with Crippen LogP contribution in [0.3, 0.4) is 0 Å². The predicted molar refractivity (Wildman–Crippen MR) is 22.5 cm³/mol. The zero-order valence-electron chi connectivity index (χ0n) is 5.16. The van der Waals surface area contributed by atoms with Crippen LogP contribution < -0.4 is 0 Å². The molecular formula is C4H4O5Zn. The Morgan fingerprint density at radius 1 is 1.00 bits per heavy atom. The molecular weight excluding hydrogens is 193 g/mol. The van der Waals surface area contributed by atoms with Crippen LogP contribution in [0.1, 0.15) is 12.8 Å². The van der Waals surface area contributed by atoms with Crippen molar-refractivity contribution in [2.75, 3.05) is 0 Å². The van der Waals surface area contributed by atoms with E-state index >= 15 is 0 Å². The van der Waals surface area contributed by atoms with Crippen molar-refractivity contribution in [2.45, 2.75) is 12.8 Å². The third kappa shape index (κ3) is 2.89. The number of hydrogen-bond acceptors (Lipinski definition) is 5. The topological polar surface area (TPSA) is 61.8 Å². The van der Waals surface area contributed by atoms with Crippen LogP contribution in [-0.4, -0.2) is 11.9 Å². The predicted octanol–water partition coefficient (Wildman–Crippen LogP) is -0.289. The van der Waals surface area contributed by atoms with E-state index in [2.05, 4.69) is 14.8 Å². The van der Waals surface area contributed by atoms with Crippen LogP contribution >= 0.6 is 0 Å². The van der Waals surface area contributed by atoms with E-state index in [1.165, 1.54) is 0 Å². The van der Waals surface area contributed by atoms with Crippen molar-refractivity contribution in [3.63, 3.8) is 0 Å². The molecule has 0 saturated carbocycles. The zero-order chi connectivity index (χ0) is 6.69. The van der Waals surface area contributed by atoms with Crippen molar-refractivity contribution in [2.24, 2.45) is 0 Å². The van der Waals surface area contributed by atoms with E-state index in [4.69, 9.17) is 0 Å². The van der Waals surface area contributed by atoms with Crippen LogP contribution in [-0.2, 0) is 43.9 Å². The summed E-state index contributed by atoms with van der Waals surface area (Å²) in [5.74, 6) is -1.19. The third-order valence-corrected chi connectivity index (χ3v) is 0.787. The molecule has 0 atom stereocenters. The van der Waals surface area contributed by atoms with Gasteiger partial charge in [-0.2, -0.15) is 0 Å². The van der Waals surface area contributed by atoms with Crippen molar-refractivity contribution in [1.82, 2.24) is 0 Å². The van der Waals surface area contributed by atoms with Gasteiger partial charge in [0.15, 0.2) is 0 Å². The van der Waals surface area contributed by atoms with Crippen molar-refractivity contribution in [3.05, 3.63) is 0 Å². The van der Waals surface area contributed by atoms with Gasteiger partial charge in [-0.05, 0) is 0 Å². The van der Waals surface area contributed by atoms with Gasteiger partial charge >= 0.3 is 11.9 Å². The van der Waals surface area contributed by atoms with E-state index in [1.54, 1.807) is 0 Å². The Morgan fingerprint density at radius 2 is 1.40 bits per heavy atom. The first kappa shape index (κ1) is 9.52. The van der Waals surface area contributed by atoms with Gasteiger partial charge in [0.05, 0.1) is 12.8 Å². The normalized spacial score (nSPS) is 18.0. The summed E-state index contributed by atoms with van der Waals surface area (Å²) in [6, 6.07) is 0. The fourth-order valence-electron chi connectivity index (χ4n) is 0.380. The number of hydrogen-bond donors (Lipinski definition) is 0. The SMILES string of the molecule is O=C1CCC(=O)OOO1.[Zn]. The van der Waals surface area contributed by atoms with Gasteiger partial charge in [0.2, 0.25) is 0 Å². The minimum atomic E-state index is -0.596. The quantitative estimate of drug-likeness (QED) is 0.394. The molecule has 10 heavy (non-hydrogen) atoms. The van der Waals surface area contributed by atoms with Crippen molar-refractivity contribution in [1.29, 1.82) is 0 Å². The maximum atomic E-state index is 10.2. The standard InChI is InChI=1S/C4H4O5.Zn/c5-3-1-2-4(6)8-9-7-3;/h1-2H2;. The van der Waals surface area contributed by atoms with Crippen LogP contribution in [0.2, 0.25) is 0 Å². The number of carbonyl (C=O) groups is 2. The second kappa shape index (κ2) is 4.36. The van der Waals surface area contributed by atoms with Gasteiger partial charge in [-0.3, -0.25) is 9.78 Å². The Labute approximate surface area is 69.2 Å². The number of carbonyl (C=O) groups excluding carboxylic acids is 2. The molecule has 5 nitrogen and oxygen atoms in total. The van der Waals surface area contributed by atoms with Gasteiger partial charge < -0.3 is 0 Å². The summed E-state index contributed by atoms with van der Waals surface area (Å²) in [5.41, 5.74) is 0. The Kier molecular flexibility index (Phi) is 4.15. The van der Waals surface area contributed by atoms with Crippen molar-refractivity contribution >= 4 is 11.9 Å². The summed E-state index contributed by atoms with van der Waals surface area (Å²) in [6.07, 6.45) is 0.0255. The monoisotopic (exact) mass is 196 g/mol. The molecule has 6 heteroatoms. The van der Waals surface area contributed by atoms with E-state index in [0.29, 0.717) is 0 Å². The second-order valence-electron chi connectivity index (χ2n) is 1.48. The van der Waals surface area contributed by atoms with Crippen LogP contribution in [0, 0.1) is 0 Å². The fourth-order valence-corrected chi connectivity index (χ4v) is 0.380. The molecule has 0 bridgehead atoms. The molecule has 0 aromatic rings. The van der Waals surface area contributed by atoms with Gasteiger partial charge in [0, 0.05) is 24.5 Å². The minimum absolute atomic E-state index is 0. The molecule has 1 heterocycles. The first-order chi connectivity index (χ1) is 4.29. The molecule has 1 aliphatic rings. The fraction of sp³-hybridized carbons (Fsp3) is 0.500. The van der Waals surface area contributed by atoms with Gasteiger partial charge in [0.25, 0.3) is 0 Å². The summed E-state index contributed by atoms with van der Waals surface area (Å²) in [7, 11) is 0. The molecule has 1 rings (SSSR count). The van der Waals surface area contributed by atoms with Crippen LogP contribution in [0.25, 0.3) is 0 Å². The van der Waals surface area contributed by atoms with E-state index in [9.17, 15) is 9.59 Å². The molecule has 0 N–H and O–H groups in total. The first-order valence-electron chi connectivity index (χ1n) is 2.36. The second-order valence-corrected chi connectivity index (χ2v) is 1.48. The molecule has 1 saturated heterocycles. The van der Waals surface area contributed by atoms with E-state index in [-0.39, 0.29) is 32.3 Å². The number of rotatable bonds is 0.